The lowest BCUT2D eigenvalue weighted by molar-refractivity contribution is 0.0950. The predicted octanol–water partition coefficient (Wildman–Crippen LogP) is 1.58. The van der Waals surface area contributed by atoms with Crippen LogP contribution >= 0.6 is 11.3 Å². The van der Waals surface area contributed by atoms with Crippen molar-refractivity contribution in [3.8, 4) is 5.13 Å². The van der Waals surface area contributed by atoms with Crippen LogP contribution in [0.5, 0.6) is 0 Å². The van der Waals surface area contributed by atoms with Crippen LogP contribution in [0.25, 0.3) is 5.13 Å². The monoisotopic (exact) mass is 347 g/mol. The normalized spacial score (nSPS) is 15.6. The van der Waals surface area contributed by atoms with E-state index in [9.17, 15) is 4.79 Å². The van der Waals surface area contributed by atoms with Crippen LogP contribution < -0.4 is 10.6 Å². The van der Waals surface area contributed by atoms with Gasteiger partial charge in [0, 0.05) is 55.7 Å². The number of piperazine rings is 1. The van der Waals surface area contributed by atoms with Gasteiger partial charge in [-0.3, -0.25) is 9.36 Å². The summed E-state index contributed by atoms with van der Waals surface area (Å²) < 4.78 is 2.04. The van der Waals surface area contributed by atoms with Gasteiger partial charge in [0.1, 0.15) is 0 Å². The highest BCUT2D eigenvalue weighted by atomic mass is 32.1. The summed E-state index contributed by atoms with van der Waals surface area (Å²) in [4.78, 5) is 19.3. The molecule has 0 unspecified atom stereocenters. The first-order valence-electron chi connectivity index (χ1n) is 8.47. The van der Waals surface area contributed by atoms with Crippen molar-refractivity contribution in [1.29, 1.82) is 0 Å². The molecular weight excluding hydrogens is 322 g/mol. The van der Waals surface area contributed by atoms with Gasteiger partial charge < -0.3 is 15.5 Å². The number of aryl methyl sites for hydroxylation is 1. The van der Waals surface area contributed by atoms with Gasteiger partial charge >= 0.3 is 0 Å². The fourth-order valence-corrected chi connectivity index (χ4v) is 3.90. The van der Waals surface area contributed by atoms with Crippen molar-refractivity contribution in [3.63, 3.8) is 0 Å². The summed E-state index contributed by atoms with van der Waals surface area (Å²) in [7, 11) is 0. The molecular formula is C17H25N5OS. The predicted molar refractivity (Wildman–Crippen MR) is 97.2 cm³/mol. The summed E-state index contributed by atoms with van der Waals surface area (Å²) in [5.74, 6) is 0.00576. The molecule has 3 rings (SSSR count). The molecule has 6 nitrogen and oxygen atoms in total. The van der Waals surface area contributed by atoms with Gasteiger partial charge in [-0.2, -0.15) is 0 Å². The zero-order chi connectivity index (χ0) is 16.9. The first-order valence-corrected chi connectivity index (χ1v) is 9.35. The zero-order valence-corrected chi connectivity index (χ0v) is 15.2. The summed E-state index contributed by atoms with van der Waals surface area (Å²) >= 11 is 1.58. The Morgan fingerprint density at radius 2 is 2.17 bits per heavy atom. The molecule has 1 amide bonds. The lowest BCUT2D eigenvalue weighted by atomic mass is 10.2. The number of rotatable bonds is 6. The first-order chi connectivity index (χ1) is 11.7. The Morgan fingerprint density at radius 1 is 1.38 bits per heavy atom. The highest BCUT2D eigenvalue weighted by molar-refractivity contribution is 7.12. The lowest BCUT2D eigenvalue weighted by Gasteiger charge is -2.27. The van der Waals surface area contributed by atoms with E-state index in [1.165, 1.54) is 0 Å². The first kappa shape index (κ1) is 17.1. The standard InChI is InChI=1S/C17H25N5OS/c1-13-12-15(14(2)22(13)17-20-7-11-24-17)16(23)19-4-3-8-21-9-5-18-6-10-21/h7,11-12,18H,3-6,8-10H2,1-2H3,(H,19,23). The second-order valence-electron chi connectivity index (χ2n) is 6.14. The van der Waals surface area contributed by atoms with Crippen LogP contribution in [-0.2, 0) is 0 Å². The summed E-state index contributed by atoms with van der Waals surface area (Å²) in [6.45, 7) is 10.1. The van der Waals surface area contributed by atoms with Crippen LogP contribution in [0.15, 0.2) is 17.6 Å². The number of nitrogens with one attached hydrogen (secondary N) is 2. The van der Waals surface area contributed by atoms with Crippen molar-refractivity contribution < 1.29 is 4.79 Å². The van der Waals surface area contributed by atoms with E-state index in [1.54, 1.807) is 17.5 Å². The number of carbonyl (C=O) groups excluding carboxylic acids is 1. The van der Waals surface area contributed by atoms with Crippen molar-refractivity contribution in [2.24, 2.45) is 0 Å². The highest BCUT2D eigenvalue weighted by Crippen LogP contribution is 2.22. The van der Waals surface area contributed by atoms with Gasteiger partial charge in [-0.1, -0.05) is 0 Å². The third kappa shape index (κ3) is 3.85. The fraction of sp³-hybridized carbons (Fsp3) is 0.529. The molecule has 0 radical (unpaired) electrons. The molecule has 0 saturated carbocycles. The van der Waals surface area contributed by atoms with E-state index in [0.717, 1.165) is 61.2 Å². The molecule has 2 aromatic heterocycles. The number of nitrogens with zero attached hydrogens (tertiary/aromatic N) is 3. The van der Waals surface area contributed by atoms with Crippen molar-refractivity contribution in [1.82, 2.24) is 25.1 Å². The highest BCUT2D eigenvalue weighted by Gasteiger charge is 2.17. The molecule has 0 aliphatic carbocycles. The van der Waals surface area contributed by atoms with Crippen molar-refractivity contribution in [2.45, 2.75) is 20.3 Å². The smallest absolute Gasteiger partial charge is 0.253 e. The van der Waals surface area contributed by atoms with Crippen molar-refractivity contribution in [2.75, 3.05) is 39.3 Å². The van der Waals surface area contributed by atoms with Gasteiger partial charge in [0.25, 0.3) is 5.91 Å². The molecule has 2 aromatic rings. The van der Waals surface area contributed by atoms with E-state index in [1.807, 2.05) is 29.9 Å². The number of amides is 1. The topological polar surface area (TPSA) is 62.2 Å². The van der Waals surface area contributed by atoms with Crippen LogP contribution in [0.2, 0.25) is 0 Å². The minimum absolute atomic E-state index is 0.00576. The van der Waals surface area contributed by atoms with Gasteiger partial charge in [-0.15, -0.1) is 11.3 Å². The summed E-state index contributed by atoms with van der Waals surface area (Å²) in [5.41, 5.74) is 2.72. The van der Waals surface area contributed by atoms with E-state index in [-0.39, 0.29) is 5.91 Å². The average molecular weight is 347 g/mol. The Morgan fingerprint density at radius 3 is 2.88 bits per heavy atom. The van der Waals surface area contributed by atoms with Gasteiger partial charge in [0.2, 0.25) is 0 Å². The van der Waals surface area contributed by atoms with E-state index in [4.69, 9.17) is 0 Å². The van der Waals surface area contributed by atoms with Gasteiger partial charge in [0.15, 0.2) is 5.13 Å². The lowest BCUT2D eigenvalue weighted by Crippen LogP contribution is -2.44. The third-order valence-electron chi connectivity index (χ3n) is 4.43. The van der Waals surface area contributed by atoms with E-state index < -0.39 is 0 Å². The molecule has 2 N–H and O–H groups in total. The van der Waals surface area contributed by atoms with Gasteiger partial charge in [-0.05, 0) is 32.9 Å². The largest absolute Gasteiger partial charge is 0.352 e. The minimum Gasteiger partial charge on any atom is -0.352 e. The molecule has 1 saturated heterocycles. The van der Waals surface area contributed by atoms with E-state index in [2.05, 4.69) is 20.5 Å². The Hall–Kier alpha value is -1.70. The zero-order valence-electron chi connectivity index (χ0n) is 14.3. The Kier molecular flexibility index (Phi) is 5.65. The molecule has 1 aliphatic heterocycles. The Balaban J connectivity index is 1.54. The molecule has 0 atom stereocenters. The second-order valence-corrected chi connectivity index (χ2v) is 7.01. The van der Waals surface area contributed by atoms with Gasteiger partial charge in [0.05, 0.1) is 5.56 Å². The van der Waals surface area contributed by atoms with E-state index >= 15 is 0 Å². The molecule has 3 heterocycles. The molecule has 130 valence electrons. The van der Waals surface area contributed by atoms with Gasteiger partial charge in [-0.25, -0.2) is 4.98 Å². The number of hydrogen-bond donors (Lipinski definition) is 2. The number of hydrogen-bond acceptors (Lipinski definition) is 5. The van der Waals surface area contributed by atoms with Crippen LogP contribution in [0.3, 0.4) is 0 Å². The second kappa shape index (κ2) is 7.92. The maximum Gasteiger partial charge on any atom is 0.253 e. The maximum atomic E-state index is 12.5. The van der Waals surface area contributed by atoms with Crippen molar-refractivity contribution >= 4 is 17.2 Å². The molecule has 24 heavy (non-hydrogen) atoms. The minimum atomic E-state index is 0.00576. The van der Waals surface area contributed by atoms with Crippen molar-refractivity contribution in [3.05, 3.63) is 34.6 Å². The summed E-state index contributed by atoms with van der Waals surface area (Å²) in [5, 5.41) is 9.26. The summed E-state index contributed by atoms with van der Waals surface area (Å²) in [6.07, 6.45) is 2.77. The van der Waals surface area contributed by atoms with Crippen LogP contribution in [0.1, 0.15) is 28.2 Å². The fourth-order valence-electron chi connectivity index (χ4n) is 3.15. The number of thiazole rings is 1. The number of carbonyl (C=O) groups is 1. The molecule has 1 fully saturated rings. The molecule has 0 spiro atoms. The average Bonchev–Trinajstić information content (AvgIpc) is 3.20. The SMILES string of the molecule is Cc1cc(C(=O)NCCCN2CCNCC2)c(C)n1-c1nccs1. The van der Waals surface area contributed by atoms with E-state index in [0.29, 0.717) is 6.54 Å². The molecule has 1 aliphatic rings. The summed E-state index contributed by atoms with van der Waals surface area (Å²) in [6, 6.07) is 1.95. The quantitative estimate of drug-likeness (QED) is 0.779. The Bertz CT molecular complexity index is 673. The maximum absolute atomic E-state index is 12.5. The molecule has 0 bridgehead atoms. The van der Waals surface area contributed by atoms with Crippen LogP contribution in [0.4, 0.5) is 0 Å². The Labute approximate surface area is 146 Å². The van der Waals surface area contributed by atoms with Crippen LogP contribution in [0, 0.1) is 13.8 Å². The third-order valence-corrected chi connectivity index (χ3v) is 5.19. The van der Waals surface area contributed by atoms with Crippen LogP contribution in [-0.4, -0.2) is 59.6 Å². The number of aromatic nitrogens is 2. The molecule has 0 aromatic carbocycles. The molecule has 7 heteroatoms.